The molecule has 1 aliphatic rings. The zero-order valence-corrected chi connectivity index (χ0v) is 16.5. The highest BCUT2D eigenvalue weighted by atomic mass is 35.5. The zero-order chi connectivity index (χ0) is 19.4. The van der Waals surface area contributed by atoms with E-state index in [2.05, 4.69) is 21.3 Å². The second kappa shape index (κ2) is 8.60. The predicted octanol–water partition coefficient (Wildman–Crippen LogP) is 4.35. The van der Waals surface area contributed by atoms with Gasteiger partial charge in [-0.05, 0) is 49.6 Å². The first-order valence-electron chi connectivity index (χ1n) is 8.84. The van der Waals surface area contributed by atoms with Crippen LogP contribution in [-0.4, -0.2) is 24.0 Å². The third-order valence-electron chi connectivity index (χ3n) is 4.85. The summed E-state index contributed by atoms with van der Waals surface area (Å²) in [7, 11) is 0. The highest BCUT2D eigenvalue weighted by molar-refractivity contribution is 6.35. The fourth-order valence-corrected chi connectivity index (χ4v) is 3.84. The molecule has 1 fully saturated rings. The minimum atomic E-state index is -0.180. The lowest BCUT2D eigenvalue weighted by Gasteiger charge is -2.32. The van der Waals surface area contributed by atoms with Crippen molar-refractivity contribution >= 4 is 34.9 Å². The second-order valence-electron chi connectivity index (χ2n) is 6.67. The normalized spacial score (nSPS) is 15.9. The van der Waals surface area contributed by atoms with Gasteiger partial charge in [0.15, 0.2) is 0 Å². The fourth-order valence-electron chi connectivity index (χ4n) is 3.27. The van der Waals surface area contributed by atoms with Crippen LogP contribution in [0.4, 0.5) is 5.82 Å². The summed E-state index contributed by atoms with van der Waals surface area (Å²) in [6.45, 7) is 3.43. The first-order valence-corrected chi connectivity index (χ1v) is 9.60. The quantitative estimate of drug-likeness (QED) is 0.824. The topological polar surface area (TPSA) is 69.0 Å². The SMILES string of the molecule is C[C@@H](NC(=O)C1CCN(c2ccc(C#N)cn2)CC1)c1ccc(Cl)cc1Cl. The Hall–Kier alpha value is -2.29. The fraction of sp³-hybridized carbons (Fsp3) is 0.350. The molecule has 1 amide bonds. The summed E-state index contributed by atoms with van der Waals surface area (Å²) in [6, 6.07) is 10.8. The number of hydrogen-bond acceptors (Lipinski definition) is 4. The Balaban J connectivity index is 1.55. The first kappa shape index (κ1) is 19.5. The van der Waals surface area contributed by atoms with E-state index < -0.39 is 0 Å². The Morgan fingerprint density at radius 2 is 2.04 bits per heavy atom. The number of benzene rings is 1. The molecule has 140 valence electrons. The standard InChI is InChI=1S/C20H20Cl2N4O/c1-13(17-4-3-16(21)10-18(17)22)25-20(27)15-6-8-26(9-7-15)19-5-2-14(11-23)12-24-19/h2-5,10,12-13,15H,6-9H2,1H3,(H,25,27)/t13-/m1/s1. The van der Waals surface area contributed by atoms with Crippen LogP contribution in [-0.2, 0) is 4.79 Å². The van der Waals surface area contributed by atoms with Gasteiger partial charge in [0.25, 0.3) is 0 Å². The lowest BCUT2D eigenvalue weighted by Crippen LogP contribution is -2.41. The van der Waals surface area contributed by atoms with Crippen molar-refractivity contribution in [2.45, 2.75) is 25.8 Å². The largest absolute Gasteiger partial charge is 0.357 e. The van der Waals surface area contributed by atoms with E-state index in [4.69, 9.17) is 28.5 Å². The Kier molecular flexibility index (Phi) is 6.20. The van der Waals surface area contributed by atoms with Gasteiger partial charge in [-0.15, -0.1) is 0 Å². The zero-order valence-electron chi connectivity index (χ0n) is 15.0. The third kappa shape index (κ3) is 4.71. The molecule has 27 heavy (non-hydrogen) atoms. The minimum absolute atomic E-state index is 0.0341. The summed E-state index contributed by atoms with van der Waals surface area (Å²) in [6.07, 6.45) is 3.09. The van der Waals surface area contributed by atoms with Crippen molar-refractivity contribution in [2.24, 2.45) is 5.92 Å². The molecule has 1 aliphatic heterocycles. The molecule has 2 heterocycles. The summed E-state index contributed by atoms with van der Waals surface area (Å²) in [5.74, 6) is 0.850. The van der Waals surface area contributed by atoms with Gasteiger partial charge < -0.3 is 10.2 Å². The highest BCUT2D eigenvalue weighted by Gasteiger charge is 2.27. The molecular weight excluding hydrogens is 383 g/mol. The summed E-state index contributed by atoms with van der Waals surface area (Å²) in [5, 5.41) is 13.0. The van der Waals surface area contributed by atoms with Crippen LogP contribution in [0.2, 0.25) is 10.0 Å². The van der Waals surface area contributed by atoms with Crippen LogP contribution in [0, 0.1) is 17.2 Å². The number of pyridine rings is 1. The second-order valence-corrected chi connectivity index (χ2v) is 7.52. The van der Waals surface area contributed by atoms with Crippen molar-refractivity contribution in [1.29, 1.82) is 5.26 Å². The average molecular weight is 403 g/mol. The Morgan fingerprint density at radius 1 is 1.30 bits per heavy atom. The number of nitrogens with zero attached hydrogens (tertiary/aromatic N) is 3. The number of amides is 1. The van der Waals surface area contributed by atoms with Crippen LogP contribution in [0.5, 0.6) is 0 Å². The van der Waals surface area contributed by atoms with Crippen molar-refractivity contribution < 1.29 is 4.79 Å². The van der Waals surface area contributed by atoms with Crippen molar-refractivity contribution in [1.82, 2.24) is 10.3 Å². The van der Waals surface area contributed by atoms with Gasteiger partial charge in [-0.2, -0.15) is 5.26 Å². The monoisotopic (exact) mass is 402 g/mol. The summed E-state index contributed by atoms with van der Waals surface area (Å²) in [5.41, 5.74) is 1.40. The summed E-state index contributed by atoms with van der Waals surface area (Å²) >= 11 is 12.2. The van der Waals surface area contributed by atoms with E-state index >= 15 is 0 Å². The number of nitrogens with one attached hydrogen (secondary N) is 1. The van der Waals surface area contributed by atoms with Crippen molar-refractivity contribution in [3.05, 3.63) is 57.7 Å². The molecule has 7 heteroatoms. The van der Waals surface area contributed by atoms with Gasteiger partial charge in [-0.1, -0.05) is 29.3 Å². The molecule has 0 saturated carbocycles. The maximum atomic E-state index is 12.6. The lowest BCUT2D eigenvalue weighted by molar-refractivity contribution is -0.126. The number of piperidine rings is 1. The molecule has 1 atom stereocenters. The molecule has 0 radical (unpaired) electrons. The van der Waals surface area contributed by atoms with E-state index in [1.54, 1.807) is 24.4 Å². The van der Waals surface area contributed by atoms with E-state index in [1.165, 1.54) is 0 Å². The number of carbonyl (C=O) groups is 1. The van der Waals surface area contributed by atoms with E-state index in [0.717, 1.165) is 37.3 Å². The number of rotatable bonds is 4. The van der Waals surface area contributed by atoms with Crippen LogP contribution in [0.3, 0.4) is 0 Å². The molecule has 0 aliphatic carbocycles. The van der Waals surface area contributed by atoms with Crippen molar-refractivity contribution in [3.8, 4) is 6.07 Å². The van der Waals surface area contributed by atoms with Crippen LogP contribution in [0.25, 0.3) is 0 Å². The van der Waals surface area contributed by atoms with Gasteiger partial charge >= 0.3 is 0 Å². The van der Waals surface area contributed by atoms with E-state index in [9.17, 15) is 4.79 Å². The van der Waals surface area contributed by atoms with Crippen LogP contribution >= 0.6 is 23.2 Å². The number of anilines is 1. The number of hydrogen-bond donors (Lipinski definition) is 1. The smallest absolute Gasteiger partial charge is 0.223 e. The van der Waals surface area contributed by atoms with Gasteiger partial charge in [0.05, 0.1) is 11.6 Å². The third-order valence-corrected chi connectivity index (χ3v) is 5.42. The van der Waals surface area contributed by atoms with Gasteiger partial charge in [0.1, 0.15) is 11.9 Å². The summed E-state index contributed by atoms with van der Waals surface area (Å²) < 4.78 is 0. The molecule has 0 spiro atoms. The molecule has 1 aromatic heterocycles. The predicted molar refractivity (Wildman–Crippen MR) is 107 cm³/mol. The van der Waals surface area contributed by atoms with Crippen LogP contribution in [0.15, 0.2) is 36.5 Å². The Morgan fingerprint density at radius 3 is 2.63 bits per heavy atom. The maximum Gasteiger partial charge on any atom is 0.223 e. The molecule has 3 rings (SSSR count). The van der Waals surface area contributed by atoms with Crippen molar-refractivity contribution in [2.75, 3.05) is 18.0 Å². The minimum Gasteiger partial charge on any atom is -0.357 e. The Labute approximate surface area is 168 Å². The van der Waals surface area contributed by atoms with Gasteiger partial charge in [-0.3, -0.25) is 4.79 Å². The van der Waals surface area contributed by atoms with Crippen LogP contribution in [0.1, 0.15) is 36.9 Å². The molecular formula is C20H20Cl2N4O. The number of halogens is 2. The van der Waals surface area contributed by atoms with E-state index in [-0.39, 0.29) is 17.9 Å². The van der Waals surface area contributed by atoms with Gasteiger partial charge in [0, 0.05) is 35.2 Å². The molecule has 1 saturated heterocycles. The number of nitriles is 1. The van der Waals surface area contributed by atoms with E-state index in [1.807, 2.05) is 19.1 Å². The Bertz CT molecular complexity index is 855. The lowest BCUT2D eigenvalue weighted by atomic mass is 9.95. The van der Waals surface area contributed by atoms with Gasteiger partial charge in [0.2, 0.25) is 5.91 Å². The molecule has 1 aromatic carbocycles. The van der Waals surface area contributed by atoms with Crippen molar-refractivity contribution in [3.63, 3.8) is 0 Å². The molecule has 5 nitrogen and oxygen atoms in total. The molecule has 0 unspecified atom stereocenters. The average Bonchev–Trinajstić information content (AvgIpc) is 2.68. The van der Waals surface area contributed by atoms with Crippen LogP contribution < -0.4 is 10.2 Å². The maximum absolute atomic E-state index is 12.6. The first-order chi connectivity index (χ1) is 13.0. The number of aromatic nitrogens is 1. The molecule has 1 N–H and O–H groups in total. The highest BCUT2D eigenvalue weighted by Crippen LogP contribution is 2.27. The summed E-state index contributed by atoms with van der Waals surface area (Å²) in [4.78, 5) is 19.1. The molecule has 2 aromatic rings. The van der Waals surface area contributed by atoms with Gasteiger partial charge in [-0.25, -0.2) is 4.98 Å². The number of carbonyl (C=O) groups excluding carboxylic acids is 1. The molecule has 0 bridgehead atoms. The van der Waals surface area contributed by atoms with E-state index in [0.29, 0.717) is 15.6 Å².